The molecule has 1 N–H and O–H groups in total. The quantitative estimate of drug-likeness (QED) is 0.340. The van der Waals surface area contributed by atoms with Crippen LogP contribution in [0.25, 0.3) is 4.85 Å². The normalized spacial score (nSPS) is 18.9. The molecule has 3 amide bonds. The average Bonchev–Trinajstić information content (AvgIpc) is 2.95. The SMILES string of the molecule is [C-]#[N+]c1ccnc(N2C(=O)CCC[C@H]2C(=O)N(c2cccc(F)c2)C(C(=O)NC2CC(F)(F)C2)c2ccccc2Cl)c1. The number of piperidine rings is 1. The van der Waals surface area contributed by atoms with Crippen LogP contribution in [0.2, 0.25) is 5.02 Å². The molecule has 0 bridgehead atoms. The molecule has 0 spiro atoms. The maximum absolute atomic E-state index is 14.6. The van der Waals surface area contributed by atoms with Crippen LogP contribution in [-0.2, 0) is 14.4 Å². The third kappa shape index (κ3) is 5.94. The molecule has 1 aromatic heterocycles. The van der Waals surface area contributed by atoms with Gasteiger partial charge in [0.15, 0.2) is 5.69 Å². The average molecular weight is 596 g/mol. The monoisotopic (exact) mass is 595 g/mol. The van der Waals surface area contributed by atoms with Crippen LogP contribution in [0.1, 0.15) is 43.7 Å². The molecule has 2 fully saturated rings. The van der Waals surface area contributed by atoms with Crippen LogP contribution in [0, 0.1) is 12.4 Å². The van der Waals surface area contributed by atoms with Gasteiger partial charge in [0, 0.05) is 47.8 Å². The number of hydrogen-bond acceptors (Lipinski definition) is 4. The van der Waals surface area contributed by atoms with Gasteiger partial charge in [0.2, 0.25) is 11.8 Å². The van der Waals surface area contributed by atoms with Crippen molar-refractivity contribution in [2.24, 2.45) is 0 Å². The zero-order valence-electron chi connectivity index (χ0n) is 22.1. The van der Waals surface area contributed by atoms with E-state index in [0.29, 0.717) is 6.42 Å². The number of pyridine rings is 1. The Morgan fingerprint density at radius 2 is 1.90 bits per heavy atom. The molecule has 5 rings (SSSR count). The zero-order valence-corrected chi connectivity index (χ0v) is 22.9. The number of alkyl halides is 2. The van der Waals surface area contributed by atoms with E-state index in [1.165, 1.54) is 53.6 Å². The summed E-state index contributed by atoms with van der Waals surface area (Å²) in [6.07, 6.45) is 0.895. The largest absolute Gasteiger partial charge is 0.351 e. The van der Waals surface area contributed by atoms with Gasteiger partial charge in [-0.15, -0.1) is 0 Å². The molecular formula is C30H25ClF3N5O3. The molecule has 216 valence electrons. The van der Waals surface area contributed by atoms with Crippen molar-refractivity contribution in [2.45, 2.75) is 56.2 Å². The number of halogens is 4. The molecule has 12 heteroatoms. The van der Waals surface area contributed by atoms with Crippen LogP contribution < -0.4 is 15.1 Å². The number of aromatic nitrogens is 1. The lowest BCUT2D eigenvalue weighted by Crippen LogP contribution is -2.58. The summed E-state index contributed by atoms with van der Waals surface area (Å²) in [5.74, 6) is -5.45. The first-order valence-corrected chi connectivity index (χ1v) is 13.6. The molecule has 2 atom stereocenters. The topological polar surface area (TPSA) is 87.0 Å². The summed E-state index contributed by atoms with van der Waals surface area (Å²) in [6, 6.07) is 10.6. The lowest BCUT2D eigenvalue weighted by Gasteiger charge is -2.41. The van der Waals surface area contributed by atoms with E-state index in [2.05, 4.69) is 15.1 Å². The predicted molar refractivity (Wildman–Crippen MR) is 150 cm³/mol. The van der Waals surface area contributed by atoms with Gasteiger partial charge in [-0.25, -0.2) is 23.0 Å². The molecule has 3 aromatic rings. The second-order valence-electron chi connectivity index (χ2n) is 10.2. The standard InChI is InChI=1S/C30H25ClF3N5O3/c1-35-19-12-13-36-25(15-19)39-24(10-5-11-26(39)40)29(42)38(21-7-4-6-18(32)14-21)27(22-8-2-3-9-23(22)31)28(41)37-20-16-30(33,34)17-20/h2-4,6-9,12-15,20,24,27H,5,10-11,16-17H2,(H,37,41)/t24-,27?/m0/s1. The van der Waals surface area contributed by atoms with Gasteiger partial charge in [0.25, 0.3) is 11.8 Å². The number of benzene rings is 2. The minimum absolute atomic E-state index is 0.000139. The highest BCUT2D eigenvalue weighted by Crippen LogP contribution is 2.40. The molecular weight excluding hydrogens is 571 g/mol. The second-order valence-corrected chi connectivity index (χ2v) is 10.6. The Labute approximate surface area is 244 Å². The van der Waals surface area contributed by atoms with Crippen molar-refractivity contribution in [3.63, 3.8) is 0 Å². The molecule has 1 aliphatic carbocycles. The van der Waals surface area contributed by atoms with Gasteiger partial charge in [0.1, 0.15) is 23.7 Å². The van der Waals surface area contributed by atoms with E-state index >= 15 is 0 Å². The molecule has 1 unspecified atom stereocenters. The fourth-order valence-electron chi connectivity index (χ4n) is 5.33. The Hall–Kier alpha value is -4.43. The summed E-state index contributed by atoms with van der Waals surface area (Å²) in [5, 5.41) is 2.72. The van der Waals surface area contributed by atoms with Gasteiger partial charge in [-0.05, 0) is 49.2 Å². The summed E-state index contributed by atoms with van der Waals surface area (Å²) >= 11 is 6.51. The molecule has 1 saturated carbocycles. The van der Waals surface area contributed by atoms with E-state index in [1.807, 2.05) is 0 Å². The molecule has 2 aromatic carbocycles. The highest BCUT2D eigenvalue weighted by atomic mass is 35.5. The Balaban J connectivity index is 1.62. The first-order chi connectivity index (χ1) is 20.1. The lowest BCUT2D eigenvalue weighted by atomic mass is 9.87. The Morgan fingerprint density at radius 1 is 1.14 bits per heavy atom. The van der Waals surface area contributed by atoms with E-state index in [1.54, 1.807) is 12.1 Å². The highest BCUT2D eigenvalue weighted by Gasteiger charge is 2.48. The molecule has 1 saturated heterocycles. The van der Waals surface area contributed by atoms with Crippen LogP contribution in [0.15, 0.2) is 66.9 Å². The fraction of sp³-hybridized carbons (Fsp3) is 0.300. The maximum atomic E-state index is 14.6. The molecule has 1 aliphatic heterocycles. The van der Waals surface area contributed by atoms with Crippen molar-refractivity contribution in [1.82, 2.24) is 10.3 Å². The molecule has 2 heterocycles. The lowest BCUT2D eigenvalue weighted by molar-refractivity contribution is -0.133. The van der Waals surface area contributed by atoms with E-state index in [9.17, 15) is 27.6 Å². The third-order valence-electron chi connectivity index (χ3n) is 7.31. The van der Waals surface area contributed by atoms with Crippen LogP contribution in [0.3, 0.4) is 0 Å². The first-order valence-electron chi connectivity index (χ1n) is 13.2. The summed E-state index contributed by atoms with van der Waals surface area (Å²) < 4.78 is 41.8. The third-order valence-corrected chi connectivity index (χ3v) is 7.65. The highest BCUT2D eigenvalue weighted by molar-refractivity contribution is 6.31. The van der Waals surface area contributed by atoms with Crippen molar-refractivity contribution in [2.75, 3.05) is 9.80 Å². The molecule has 8 nitrogen and oxygen atoms in total. The number of anilines is 2. The second kappa shape index (κ2) is 11.8. The number of nitrogens with zero attached hydrogens (tertiary/aromatic N) is 4. The number of nitrogens with one attached hydrogen (secondary N) is 1. The van der Waals surface area contributed by atoms with Crippen molar-refractivity contribution in [1.29, 1.82) is 0 Å². The first kappa shape index (κ1) is 29.1. The van der Waals surface area contributed by atoms with E-state index in [-0.39, 0.29) is 40.6 Å². The van der Waals surface area contributed by atoms with Crippen molar-refractivity contribution >= 4 is 46.5 Å². The van der Waals surface area contributed by atoms with Crippen molar-refractivity contribution < 1.29 is 27.6 Å². The number of carbonyl (C=O) groups excluding carboxylic acids is 3. The summed E-state index contributed by atoms with van der Waals surface area (Å²) in [7, 11) is 0. The Bertz CT molecular complexity index is 1570. The predicted octanol–water partition coefficient (Wildman–Crippen LogP) is 6.00. The summed E-state index contributed by atoms with van der Waals surface area (Å²) in [4.78, 5) is 51.5. The van der Waals surface area contributed by atoms with Gasteiger partial charge in [-0.2, -0.15) is 0 Å². The Morgan fingerprint density at radius 3 is 2.60 bits per heavy atom. The van der Waals surface area contributed by atoms with Crippen LogP contribution in [0.5, 0.6) is 0 Å². The van der Waals surface area contributed by atoms with Gasteiger partial charge < -0.3 is 5.32 Å². The zero-order chi connectivity index (χ0) is 30.0. The van der Waals surface area contributed by atoms with Crippen LogP contribution in [0.4, 0.5) is 30.4 Å². The van der Waals surface area contributed by atoms with Crippen LogP contribution in [-0.4, -0.2) is 40.7 Å². The van der Waals surface area contributed by atoms with Gasteiger partial charge in [-0.1, -0.05) is 35.9 Å². The van der Waals surface area contributed by atoms with Gasteiger partial charge in [0.05, 0.1) is 6.57 Å². The maximum Gasteiger partial charge on any atom is 0.252 e. The minimum Gasteiger partial charge on any atom is -0.351 e. The van der Waals surface area contributed by atoms with Gasteiger partial charge in [-0.3, -0.25) is 24.2 Å². The van der Waals surface area contributed by atoms with Crippen LogP contribution >= 0.6 is 11.6 Å². The number of carbonyl (C=O) groups is 3. The smallest absolute Gasteiger partial charge is 0.252 e. The number of rotatable bonds is 7. The molecule has 2 aliphatic rings. The van der Waals surface area contributed by atoms with E-state index < -0.39 is 60.4 Å². The summed E-state index contributed by atoms with van der Waals surface area (Å²) in [6.45, 7) is 7.34. The van der Waals surface area contributed by atoms with Crippen molar-refractivity contribution in [3.05, 3.63) is 94.7 Å². The van der Waals surface area contributed by atoms with Gasteiger partial charge >= 0.3 is 0 Å². The van der Waals surface area contributed by atoms with E-state index in [4.69, 9.17) is 18.2 Å². The fourth-order valence-corrected chi connectivity index (χ4v) is 5.57. The number of hydrogen-bond donors (Lipinski definition) is 1. The Kier molecular flexibility index (Phi) is 8.18. The molecule has 42 heavy (non-hydrogen) atoms. The van der Waals surface area contributed by atoms with Crippen molar-refractivity contribution in [3.8, 4) is 0 Å². The number of amides is 3. The molecule has 0 radical (unpaired) electrons. The van der Waals surface area contributed by atoms with E-state index in [0.717, 1.165) is 11.0 Å². The minimum atomic E-state index is -2.91. The summed E-state index contributed by atoms with van der Waals surface area (Å²) in [5.41, 5.74) is 0.388.